The molecule has 0 aliphatic rings. The van der Waals surface area contributed by atoms with Crippen LogP contribution in [0.3, 0.4) is 0 Å². The van der Waals surface area contributed by atoms with Gasteiger partial charge in [0.15, 0.2) is 0 Å². The molecular formula is C9H12ClNO2S. The van der Waals surface area contributed by atoms with Crippen molar-refractivity contribution in [2.45, 2.75) is 18.6 Å². The predicted molar refractivity (Wildman–Crippen MR) is 57.6 cm³/mol. The van der Waals surface area contributed by atoms with Crippen molar-refractivity contribution in [2.75, 3.05) is 0 Å². The van der Waals surface area contributed by atoms with Crippen molar-refractivity contribution in [3.05, 3.63) is 34.9 Å². The molecule has 0 aliphatic carbocycles. The summed E-state index contributed by atoms with van der Waals surface area (Å²) in [5.74, 6) is 0. The van der Waals surface area contributed by atoms with Crippen LogP contribution in [0.5, 0.6) is 0 Å². The van der Waals surface area contributed by atoms with Crippen molar-refractivity contribution in [3.63, 3.8) is 0 Å². The quantitative estimate of drug-likeness (QED) is 0.869. The summed E-state index contributed by atoms with van der Waals surface area (Å²) in [6.45, 7) is 1.78. The van der Waals surface area contributed by atoms with Gasteiger partial charge in [0.05, 0.1) is 5.25 Å². The predicted octanol–water partition coefficient (Wildman–Crippen LogP) is 2.08. The van der Waals surface area contributed by atoms with E-state index in [1.165, 1.54) is 0 Å². The fraction of sp³-hybridized carbons (Fsp3) is 0.333. The highest BCUT2D eigenvalue weighted by atomic mass is 35.5. The van der Waals surface area contributed by atoms with Gasteiger partial charge in [-0.2, -0.15) is 0 Å². The largest absolute Gasteiger partial charge is 0.228 e. The summed E-state index contributed by atoms with van der Waals surface area (Å²) in [5.41, 5.74) is 0.680. The van der Waals surface area contributed by atoms with Crippen LogP contribution >= 0.6 is 11.6 Å². The summed E-state index contributed by atoms with van der Waals surface area (Å²) in [6, 6.07) is 6.68. The molecule has 14 heavy (non-hydrogen) atoms. The summed E-state index contributed by atoms with van der Waals surface area (Å²) in [6.07, 6.45) is 0.459. The number of hydrogen-bond donors (Lipinski definition) is 1. The van der Waals surface area contributed by atoms with Crippen molar-refractivity contribution in [2.24, 2.45) is 5.14 Å². The SMILES string of the molecule is CCC(c1ccc(Cl)cc1)S(N)(=O)=O. The first kappa shape index (κ1) is 11.5. The van der Waals surface area contributed by atoms with Gasteiger partial charge in [0.25, 0.3) is 0 Å². The van der Waals surface area contributed by atoms with Crippen molar-refractivity contribution < 1.29 is 8.42 Å². The third kappa shape index (κ3) is 2.70. The van der Waals surface area contributed by atoms with Gasteiger partial charge in [-0.05, 0) is 24.1 Å². The van der Waals surface area contributed by atoms with Crippen LogP contribution in [0.15, 0.2) is 24.3 Å². The second-order valence-corrected chi connectivity index (χ2v) is 5.22. The molecule has 0 saturated carbocycles. The average Bonchev–Trinajstić information content (AvgIpc) is 2.07. The van der Waals surface area contributed by atoms with Gasteiger partial charge in [0, 0.05) is 5.02 Å². The van der Waals surface area contributed by atoms with E-state index >= 15 is 0 Å². The molecule has 1 atom stereocenters. The molecule has 0 aromatic heterocycles. The van der Waals surface area contributed by atoms with Crippen LogP contribution in [0.2, 0.25) is 5.02 Å². The standard InChI is InChI=1S/C9H12ClNO2S/c1-2-9(14(11,12)13)7-3-5-8(10)6-4-7/h3-6,9H,2H2,1H3,(H2,11,12,13). The molecule has 0 radical (unpaired) electrons. The third-order valence-corrected chi connectivity index (χ3v) is 3.66. The Labute approximate surface area is 88.9 Å². The molecule has 3 nitrogen and oxygen atoms in total. The Morgan fingerprint density at radius 2 is 1.86 bits per heavy atom. The molecule has 78 valence electrons. The molecule has 0 heterocycles. The maximum absolute atomic E-state index is 11.2. The zero-order chi connectivity index (χ0) is 10.8. The highest BCUT2D eigenvalue weighted by Crippen LogP contribution is 2.24. The number of benzene rings is 1. The number of halogens is 1. The van der Waals surface area contributed by atoms with E-state index in [9.17, 15) is 8.42 Å². The summed E-state index contributed by atoms with van der Waals surface area (Å²) < 4.78 is 22.4. The number of rotatable bonds is 3. The van der Waals surface area contributed by atoms with E-state index in [0.29, 0.717) is 17.0 Å². The maximum Gasteiger partial charge on any atom is 0.216 e. The highest BCUT2D eigenvalue weighted by molar-refractivity contribution is 7.89. The minimum atomic E-state index is -3.52. The minimum absolute atomic E-state index is 0.459. The lowest BCUT2D eigenvalue weighted by Crippen LogP contribution is -2.21. The van der Waals surface area contributed by atoms with Crippen LogP contribution in [0.4, 0.5) is 0 Å². The summed E-state index contributed by atoms with van der Waals surface area (Å²) in [4.78, 5) is 0. The first-order valence-electron chi connectivity index (χ1n) is 4.22. The zero-order valence-corrected chi connectivity index (χ0v) is 9.35. The second kappa shape index (κ2) is 4.29. The molecule has 5 heteroatoms. The molecular weight excluding hydrogens is 222 g/mol. The second-order valence-electron chi connectivity index (χ2n) is 3.04. The van der Waals surface area contributed by atoms with Gasteiger partial charge in [-0.1, -0.05) is 30.7 Å². The highest BCUT2D eigenvalue weighted by Gasteiger charge is 2.20. The number of sulfonamides is 1. The van der Waals surface area contributed by atoms with Crippen LogP contribution < -0.4 is 5.14 Å². The number of primary sulfonamides is 1. The minimum Gasteiger partial charge on any atom is -0.228 e. The van der Waals surface area contributed by atoms with E-state index in [2.05, 4.69) is 0 Å². The van der Waals surface area contributed by atoms with E-state index in [1.807, 2.05) is 0 Å². The van der Waals surface area contributed by atoms with Crippen molar-refractivity contribution in [1.29, 1.82) is 0 Å². The first-order valence-corrected chi connectivity index (χ1v) is 6.21. The van der Waals surface area contributed by atoms with E-state index in [4.69, 9.17) is 16.7 Å². The smallest absolute Gasteiger partial charge is 0.216 e. The van der Waals surface area contributed by atoms with Crippen molar-refractivity contribution in [1.82, 2.24) is 0 Å². The lowest BCUT2D eigenvalue weighted by Gasteiger charge is -2.12. The Morgan fingerprint density at radius 1 is 1.36 bits per heavy atom. The molecule has 0 saturated heterocycles. The van der Waals surface area contributed by atoms with Crippen LogP contribution in [0.1, 0.15) is 24.2 Å². The Hall–Kier alpha value is -0.580. The van der Waals surface area contributed by atoms with Crippen LogP contribution in [0, 0.1) is 0 Å². The lowest BCUT2D eigenvalue weighted by atomic mass is 10.1. The molecule has 0 fully saturated rings. The van der Waals surface area contributed by atoms with Crippen molar-refractivity contribution in [3.8, 4) is 0 Å². The summed E-state index contributed by atoms with van der Waals surface area (Å²) >= 11 is 5.69. The number of nitrogens with two attached hydrogens (primary N) is 1. The van der Waals surface area contributed by atoms with Crippen LogP contribution in [0.25, 0.3) is 0 Å². The van der Waals surface area contributed by atoms with Gasteiger partial charge in [0.2, 0.25) is 10.0 Å². The zero-order valence-electron chi connectivity index (χ0n) is 7.77. The van der Waals surface area contributed by atoms with Gasteiger partial charge < -0.3 is 0 Å². The summed E-state index contributed by atoms with van der Waals surface area (Å²) in [7, 11) is -3.52. The maximum atomic E-state index is 11.2. The monoisotopic (exact) mass is 233 g/mol. The summed E-state index contributed by atoms with van der Waals surface area (Å²) in [5, 5.41) is 5.04. The fourth-order valence-electron chi connectivity index (χ4n) is 1.34. The Bertz CT molecular complexity index is 399. The van der Waals surface area contributed by atoms with Crippen LogP contribution in [-0.4, -0.2) is 8.42 Å². The van der Waals surface area contributed by atoms with Crippen LogP contribution in [-0.2, 0) is 10.0 Å². The van der Waals surface area contributed by atoms with Gasteiger partial charge in [0.1, 0.15) is 0 Å². The molecule has 1 aromatic carbocycles. The van der Waals surface area contributed by atoms with E-state index in [-0.39, 0.29) is 0 Å². The van der Waals surface area contributed by atoms with Gasteiger partial charge >= 0.3 is 0 Å². The van der Waals surface area contributed by atoms with E-state index < -0.39 is 15.3 Å². The molecule has 0 bridgehead atoms. The Balaban J connectivity index is 3.08. The molecule has 0 spiro atoms. The van der Waals surface area contributed by atoms with Gasteiger partial charge in [-0.3, -0.25) is 0 Å². The van der Waals surface area contributed by atoms with Gasteiger partial charge in [-0.15, -0.1) is 0 Å². The third-order valence-electron chi connectivity index (χ3n) is 2.01. The molecule has 2 N–H and O–H groups in total. The topological polar surface area (TPSA) is 60.2 Å². The lowest BCUT2D eigenvalue weighted by molar-refractivity contribution is 0.581. The fourth-order valence-corrected chi connectivity index (χ4v) is 2.46. The Kier molecular flexibility index (Phi) is 3.53. The van der Waals surface area contributed by atoms with Crippen molar-refractivity contribution >= 4 is 21.6 Å². The van der Waals surface area contributed by atoms with E-state index in [1.54, 1.807) is 31.2 Å². The molecule has 1 rings (SSSR count). The Morgan fingerprint density at radius 3 is 2.21 bits per heavy atom. The molecule has 0 amide bonds. The first-order chi connectivity index (χ1) is 6.45. The molecule has 0 aliphatic heterocycles. The van der Waals surface area contributed by atoms with E-state index in [0.717, 1.165) is 0 Å². The molecule has 1 aromatic rings. The molecule has 1 unspecified atom stereocenters. The average molecular weight is 234 g/mol. The normalized spacial score (nSPS) is 13.9. The number of hydrogen-bond acceptors (Lipinski definition) is 2. The van der Waals surface area contributed by atoms with Gasteiger partial charge in [-0.25, -0.2) is 13.6 Å².